The van der Waals surface area contributed by atoms with E-state index in [2.05, 4.69) is 9.88 Å². The first-order valence-corrected chi connectivity index (χ1v) is 5.40. The number of thiazole rings is 1. The van der Waals surface area contributed by atoms with Gasteiger partial charge in [-0.1, -0.05) is 22.9 Å². The molecule has 2 rings (SSSR count). The van der Waals surface area contributed by atoms with Gasteiger partial charge in [0.25, 0.3) is 0 Å². The maximum absolute atomic E-state index is 8.72. The zero-order valence-corrected chi connectivity index (χ0v) is 8.94. The van der Waals surface area contributed by atoms with Crippen molar-refractivity contribution in [3.8, 4) is 6.07 Å². The lowest BCUT2D eigenvalue weighted by Gasteiger charge is -2.25. The van der Waals surface area contributed by atoms with E-state index in [4.69, 9.17) is 21.6 Å². The minimum atomic E-state index is 0.305. The number of anilines is 1. The van der Waals surface area contributed by atoms with Crippen LogP contribution in [0.3, 0.4) is 0 Å². The average molecular weight is 230 g/mol. The van der Waals surface area contributed by atoms with Gasteiger partial charge in [-0.05, 0) is 0 Å². The zero-order valence-electron chi connectivity index (χ0n) is 7.36. The Morgan fingerprint density at radius 1 is 1.50 bits per heavy atom. The standard InChI is InChI=1S/C8H8ClN3OS/c9-7-6(5-10)14-8(11-7)12-1-3-13-4-2-12/h1-4H2. The summed E-state index contributed by atoms with van der Waals surface area (Å²) in [6.07, 6.45) is 0. The highest BCUT2D eigenvalue weighted by Crippen LogP contribution is 2.29. The summed E-state index contributed by atoms with van der Waals surface area (Å²) in [6, 6.07) is 2.02. The molecule has 1 aromatic heterocycles. The summed E-state index contributed by atoms with van der Waals surface area (Å²) in [6.45, 7) is 3.04. The van der Waals surface area contributed by atoms with Gasteiger partial charge in [0.1, 0.15) is 10.9 Å². The van der Waals surface area contributed by atoms with Gasteiger partial charge < -0.3 is 9.64 Å². The summed E-state index contributed by atoms with van der Waals surface area (Å²) in [7, 11) is 0. The van der Waals surface area contributed by atoms with E-state index < -0.39 is 0 Å². The van der Waals surface area contributed by atoms with Gasteiger partial charge >= 0.3 is 0 Å². The van der Waals surface area contributed by atoms with Crippen LogP contribution in [0.4, 0.5) is 5.13 Å². The summed E-state index contributed by atoms with van der Waals surface area (Å²) in [4.78, 5) is 6.70. The van der Waals surface area contributed by atoms with Gasteiger partial charge in [-0.15, -0.1) is 0 Å². The molecule has 0 radical (unpaired) electrons. The Morgan fingerprint density at radius 3 is 2.79 bits per heavy atom. The van der Waals surface area contributed by atoms with Gasteiger partial charge in [-0.25, -0.2) is 4.98 Å². The van der Waals surface area contributed by atoms with Gasteiger partial charge in [0.15, 0.2) is 10.3 Å². The summed E-state index contributed by atoms with van der Waals surface area (Å²) < 4.78 is 5.22. The third-order valence-electron chi connectivity index (χ3n) is 1.96. The monoisotopic (exact) mass is 229 g/mol. The second-order valence-corrected chi connectivity index (χ2v) is 4.16. The van der Waals surface area contributed by atoms with Crippen LogP contribution < -0.4 is 4.90 Å². The predicted molar refractivity (Wildman–Crippen MR) is 54.9 cm³/mol. The van der Waals surface area contributed by atoms with E-state index >= 15 is 0 Å². The van der Waals surface area contributed by atoms with Gasteiger partial charge in [-0.2, -0.15) is 5.26 Å². The molecule has 0 aliphatic carbocycles. The molecule has 0 spiro atoms. The Kier molecular flexibility index (Phi) is 2.87. The third kappa shape index (κ3) is 1.82. The third-order valence-corrected chi connectivity index (χ3v) is 3.36. The molecule has 0 amide bonds. The van der Waals surface area contributed by atoms with Crippen LogP contribution in [0.1, 0.15) is 4.88 Å². The molecule has 0 bridgehead atoms. The lowest BCUT2D eigenvalue weighted by atomic mass is 10.5. The van der Waals surface area contributed by atoms with Crippen LogP contribution in [0.2, 0.25) is 5.15 Å². The Labute approximate surface area is 90.7 Å². The number of nitriles is 1. The first kappa shape index (κ1) is 9.71. The lowest BCUT2D eigenvalue weighted by Crippen LogP contribution is -2.36. The quantitative estimate of drug-likeness (QED) is 0.733. The number of ether oxygens (including phenoxy) is 1. The molecule has 14 heavy (non-hydrogen) atoms. The van der Waals surface area contributed by atoms with Crippen molar-refractivity contribution in [2.45, 2.75) is 0 Å². The van der Waals surface area contributed by atoms with E-state index in [1.165, 1.54) is 11.3 Å². The first-order chi connectivity index (χ1) is 6.81. The molecule has 0 unspecified atom stereocenters. The summed E-state index contributed by atoms with van der Waals surface area (Å²) in [5, 5.41) is 9.84. The fraction of sp³-hybridized carbons (Fsp3) is 0.500. The Balaban J connectivity index is 2.19. The van der Waals surface area contributed by atoms with Crippen LogP contribution >= 0.6 is 22.9 Å². The minimum Gasteiger partial charge on any atom is -0.378 e. The van der Waals surface area contributed by atoms with E-state index in [0.29, 0.717) is 23.2 Å². The van der Waals surface area contributed by atoms with Crippen molar-refractivity contribution in [1.82, 2.24) is 4.98 Å². The summed E-state index contributed by atoms with van der Waals surface area (Å²) in [5.41, 5.74) is 0. The fourth-order valence-electron chi connectivity index (χ4n) is 1.25. The molecule has 6 heteroatoms. The van der Waals surface area contributed by atoms with Crippen LogP contribution in [0.5, 0.6) is 0 Å². The van der Waals surface area contributed by atoms with Gasteiger partial charge in [0.05, 0.1) is 13.2 Å². The van der Waals surface area contributed by atoms with E-state index in [1.807, 2.05) is 6.07 Å². The zero-order chi connectivity index (χ0) is 9.97. The highest BCUT2D eigenvalue weighted by atomic mass is 35.5. The normalized spacial score (nSPS) is 16.7. The molecule has 4 nitrogen and oxygen atoms in total. The first-order valence-electron chi connectivity index (χ1n) is 4.20. The molecule has 0 saturated carbocycles. The van der Waals surface area contributed by atoms with Crippen molar-refractivity contribution in [3.63, 3.8) is 0 Å². The maximum Gasteiger partial charge on any atom is 0.188 e. The SMILES string of the molecule is N#Cc1sc(N2CCOCC2)nc1Cl. The largest absolute Gasteiger partial charge is 0.378 e. The smallest absolute Gasteiger partial charge is 0.188 e. The van der Waals surface area contributed by atoms with Crippen molar-refractivity contribution >= 4 is 28.1 Å². The molecular weight excluding hydrogens is 222 g/mol. The molecule has 74 valence electrons. The number of morpholine rings is 1. The Hall–Kier alpha value is -0.830. The Morgan fingerprint density at radius 2 is 2.21 bits per heavy atom. The molecular formula is C8H8ClN3OS. The van der Waals surface area contributed by atoms with E-state index in [1.54, 1.807) is 0 Å². The van der Waals surface area contributed by atoms with Crippen molar-refractivity contribution < 1.29 is 4.74 Å². The topological polar surface area (TPSA) is 49.2 Å². The van der Waals surface area contributed by atoms with Crippen LogP contribution in [-0.4, -0.2) is 31.3 Å². The minimum absolute atomic E-state index is 0.305. The number of aromatic nitrogens is 1. The Bertz CT molecular complexity index is 367. The summed E-state index contributed by atoms with van der Waals surface area (Å²) in [5.74, 6) is 0. The highest BCUT2D eigenvalue weighted by Gasteiger charge is 2.17. The number of hydrogen-bond acceptors (Lipinski definition) is 5. The van der Waals surface area contributed by atoms with E-state index in [-0.39, 0.29) is 0 Å². The average Bonchev–Trinajstić information content (AvgIpc) is 2.61. The number of halogens is 1. The van der Waals surface area contributed by atoms with Gasteiger partial charge in [-0.3, -0.25) is 0 Å². The molecule has 0 N–H and O–H groups in total. The molecule has 1 fully saturated rings. The van der Waals surface area contributed by atoms with E-state index in [9.17, 15) is 0 Å². The number of nitrogens with zero attached hydrogens (tertiary/aromatic N) is 3. The van der Waals surface area contributed by atoms with Gasteiger partial charge in [0.2, 0.25) is 0 Å². The van der Waals surface area contributed by atoms with Crippen molar-refractivity contribution in [2.24, 2.45) is 0 Å². The van der Waals surface area contributed by atoms with Crippen LogP contribution in [0.15, 0.2) is 0 Å². The van der Waals surface area contributed by atoms with Crippen molar-refractivity contribution in [3.05, 3.63) is 10.0 Å². The van der Waals surface area contributed by atoms with Crippen LogP contribution in [0, 0.1) is 11.3 Å². The number of rotatable bonds is 1. The molecule has 0 aromatic carbocycles. The molecule has 1 saturated heterocycles. The van der Waals surface area contributed by atoms with Crippen molar-refractivity contribution in [1.29, 1.82) is 5.26 Å². The second-order valence-electron chi connectivity index (χ2n) is 2.83. The molecule has 1 aliphatic heterocycles. The van der Waals surface area contributed by atoms with Crippen LogP contribution in [0.25, 0.3) is 0 Å². The predicted octanol–water partition coefficient (Wildman–Crippen LogP) is 1.50. The molecule has 1 aliphatic rings. The molecule has 1 aromatic rings. The maximum atomic E-state index is 8.72. The highest BCUT2D eigenvalue weighted by molar-refractivity contribution is 7.16. The number of hydrogen-bond donors (Lipinski definition) is 0. The molecule has 0 atom stereocenters. The second kappa shape index (κ2) is 4.13. The van der Waals surface area contributed by atoms with Crippen LogP contribution in [-0.2, 0) is 4.74 Å². The lowest BCUT2D eigenvalue weighted by molar-refractivity contribution is 0.122. The summed E-state index contributed by atoms with van der Waals surface area (Å²) >= 11 is 7.12. The van der Waals surface area contributed by atoms with Gasteiger partial charge in [0, 0.05) is 13.1 Å². The van der Waals surface area contributed by atoms with E-state index in [0.717, 1.165) is 18.2 Å². The van der Waals surface area contributed by atoms with Crippen molar-refractivity contribution in [2.75, 3.05) is 31.2 Å². The molecule has 2 heterocycles. The fourth-order valence-corrected chi connectivity index (χ4v) is 2.34.